The zero-order valence-corrected chi connectivity index (χ0v) is 19.8. The fourth-order valence-corrected chi connectivity index (χ4v) is 4.72. The lowest BCUT2D eigenvalue weighted by molar-refractivity contribution is -0.114. The van der Waals surface area contributed by atoms with E-state index < -0.39 is 22.5 Å². The number of nitrogens with zero attached hydrogens (tertiary/aromatic N) is 1. The second-order valence-electron chi connectivity index (χ2n) is 7.51. The maximum absolute atomic E-state index is 13.4. The summed E-state index contributed by atoms with van der Waals surface area (Å²) in [5.74, 6) is -0.960. The van der Waals surface area contributed by atoms with Crippen molar-refractivity contribution in [3.05, 3.63) is 90.0 Å². The Hall–Kier alpha value is -3.69. The highest BCUT2D eigenvalue weighted by atomic mass is 32.2. The number of hydrogen-bond acceptors (Lipinski definition) is 5. The van der Waals surface area contributed by atoms with Crippen LogP contribution in [0.5, 0.6) is 0 Å². The topological polar surface area (TPSA) is 105 Å². The van der Waals surface area contributed by atoms with Crippen LogP contribution in [0, 0.1) is 6.92 Å². The molecular formula is C25H27N3O5S. The number of carbonyl (C=O) groups excluding carboxylic acids is 2. The van der Waals surface area contributed by atoms with Gasteiger partial charge in [0.15, 0.2) is 0 Å². The van der Waals surface area contributed by atoms with Crippen molar-refractivity contribution < 1.29 is 22.7 Å². The first kappa shape index (κ1) is 24.9. The lowest BCUT2D eigenvalue weighted by atomic mass is 10.1. The molecule has 0 heterocycles. The highest BCUT2D eigenvalue weighted by molar-refractivity contribution is 7.92. The summed E-state index contributed by atoms with van der Waals surface area (Å²) in [4.78, 5) is 25.6. The monoisotopic (exact) mass is 481 g/mol. The first-order chi connectivity index (χ1) is 16.3. The zero-order valence-electron chi connectivity index (χ0n) is 19.0. The molecule has 0 aromatic heterocycles. The first-order valence-electron chi connectivity index (χ1n) is 10.6. The molecule has 3 aromatic carbocycles. The summed E-state index contributed by atoms with van der Waals surface area (Å²) < 4.78 is 32.8. The van der Waals surface area contributed by atoms with Crippen LogP contribution in [-0.2, 0) is 19.6 Å². The van der Waals surface area contributed by atoms with Gasteiger partial charge in [0.25, 0.3) is 15.9 Å². The van der Waals surface area contributed by atoms with Gasteiger partial charge in [-0.15, -0.1) is 0 Å². The molecule has 0 aliphatic heterocycles. The molecule has 0 saturated carbocycles. The van der Waals surface area contributed by atoms with Gasteiger partial charge in [-0.05, 0) is 48.9 Å². The number of sulfonamides is 1. The molecule has 9 heteroatoms. The number of ether oxygens (including phenoxy) is 1. The molecule has 0 saturated heterocycles. The van der Waals surface area contributed by atoms with E-state index in [-0.39, 0.29) is 22.1 Å². The van der Waals surface area contributed by atoms with Crippen LogP contribution in [0.1, 0.15) is 15.9 Å². The molecule has 0 radical (unpaired) electrons. The molecule has 34 heavy (non-hydrogen) atoms. The smallest absolute Gasteiger partial charge is 0.264 e. The SMILES string of the molecule is COCCNC(=O)c1ccccc1NC(=O)CN(c1cccc(C)c1)S(=O)(=O)c1ccccc1. The molecule has 0 aliphatic carbocycles. The van der Waals surface area contributed by atoms with E-state index >= 15 is 0 Å². The Morgan fingerprint density at radius 2 is 1.65 bits per heavy atom. The molecule has 2 N–H and O–H groups in total. The molecule has 0 unspecified atom stereocenters. The third kappa shape index (κ3) is 6.21. The molecule has 0 spiro atoms. The highest BCUT2D eigenvalue weighted by Crippen LogP contribution is 2.25. The number of aryl methyl sites for hydroxylation is 1. The minimum absolute atomic E-state index is 0.0715. The van der Waals surface area contributed by atoms with Crippen LogP contribution in [0.2, 0.25) is 0 Å². The molecule has 3 rings (SSSR count). The minimum Gasteiger partial charge on any atom is -0.383 e. The van der Waals surface area contributed by atoms with Gasteiger partial charge in [-0.1, -0.05) is 42.5 Å². The van der Waals surface area contributed by atoms with Crippen LogP contribution in [0.4, 0.5) is 11.4 Å². The van der Waals surface area contributed by atoms with Gasteiger partial charge in [-0.25, -0.2) is 8.42 Å². The quantitative estimate of drug-likeness (QED) is 0.433. The Morgan fingerprint density at radius 3 is 2.35 bits per heavy atom. The second-order valence-corrected chi connectivity index (χ2v) is 9.37. The van der Waals surface area contributed by atoms with Gasteiger partial charge in [-0.3, -0.25) is 13.9 Å². The Labute approximate surface area is 199 Å². The maximum atomic E-state index is 13.4. The predicted molar refractivity (Wildman–Crippen MR) is 131 cm³/mol. The molecule has 3 aromatic rings. The van der Waals surface area contributed by atoms with E-state index in [0.29, 0.717) is 18.8 Å². The lowest BCUT2D eigenvalue weighted by Crippen LogP contribution is -2.38. The van der Waals surface area contributed by atoms with E-state index in [9.17, 15) is 18.0 Å². The van der Waals surface area contributed by atoms with Gasteiger partial charge >= 0.3 is 0 Å². The molecule has 0 aliphatic rings. The number of rotatable bonds is 10. The summed E-state index contributed by atoms with van der Waals surface area (Å²) in [5, 5.41) is 5.39. The first-order valence-corrected chi connectivity index (χ1v) is 12.1. The zero-order chi connectivity index (χ0) is 24.6. The van der Waals surface area contributed by atoms with Crippen LogP contribution >= 0.6 is 0 Å². The summed E-state index contributed by atoms with van der Waals surface area (Å²) in [6.07, 6.45) is 0. The molecule has 8 nitrogen and oxygen atoms in total. The van der Waals surface area contributed by atoms with Gasteiger partial charge in [0, 0.05) is 13.7 Å². The van der Waals surface area contributed by atoms with Crippen LogP contribution in [0.15, 0.2) is 83.8 Å². The van der Waals surface area contributed by atoms with E-state index in [1.54, 1.807) is 60.7 Å². The highest BCUT2D eigenvalue weighted by Gasteiger charge is 2.27. The van der Waals surface area contributed by atoms with Crippen molar-refractivity contribution in [3.8, 4) is 0 Å². The van der Waals surface area contributed by atoms with Crippen molar-refractivity contribution in [3.63, 3.8) is 0 Å². The summed E-state index contributed by atoms with van der Waals surface area (Å²) in [6.45, 7) is 2.03. The molecule has 0 atom stereocenters. The van der Waals surface area contributed by atoms with E-state index in [1.165, 1.54) is 19.2 Å². The van der Waals surface area contributed by atoms with E-state index in [4.69, 9.17) is 4.74 Å². The van der Waals surface area contributed by atoms with Gasteiger partial charge in [0.05, 0.1) is 28.4 Å². The predicted octanol–water partition coefficient (Wildman–Crippen LogP) is 3.21. The number of methoxy groups -OCH3 is 1. The third-order valence-corrected chi connectivity index (χ3v) is 6.73. The van der Waals surface area contributed by atoms with Crippen molar-refractivity contribution in [2.45, 2.75) is 11.8 Å². The lowest BCUT2D eigenvalue weighted by Gasteiger charge is -2.24. The average molecular weight is 482 g/mol. The Morgan fingerprint density at radius 1 is 0.941 bits per heavy atom. The van der Waals surface area contributed by atoms with Crippen molar-refractivity contribution in [2.75, 3.05) is 36.4 Å². The van der Waals surface area contributed by atoms with E-state index in [0.717, 1.165) is 9.87 Å². The van der Waals surface area contributed by atoms with Gasteiger partial charge in [0.2, 0.25) is 5.91 Å². The molecular weight excluding hydrogens is 454 g/mol. The van der Waals surface area contributed by atoms with Gasteiger partial charge in [-0.2, -0.15) is 0 Å². The fourth-order valence-electron chi connectivity index (χ4n) is 3.29. The minimum atomic E-state index is -4.02. The van der Waals surface area contributed by atoms with Crippen LogP contribution in [-0.4, -0.2) is 47.0 Å². The number of carbonyl (C=O) groups is 2. The number of nitrogens with one attached hydrogen (secondary N) is 2. The van der Waals surface area contributed by atoms with Crippen LogP contribution in [0.25, 0.3) is 0 Å². The van der Waals surface area contributed by atoms with E-state index in [1.807, 2.05) is 13.0 Å². The van der Waals surface area contributed by atoms with Crippen LogP contribution < -0.4 is 14.9 Å². The second kappa shape index (κ2) is 11.4. The maximum Gasteiger partial charge on any atom is 0.264 e. The number of para-hydroxylation sites is 1. The number of benzene rings is 3. The molecule has 0 bridgehead atoms. The molecule has 178 valence electrons. The number of amides is 2. The average Bonchev–Trinajstić information content (AvgIpc) is 2.83. The van der Waals surface area contributed by atoms with Crippen LogP contribution in [0.3, 0.4) is 0 Å². The Balaban J connectivity index is 1.87. The van der Waals surface area contributed by atoms with Gasteiger partial charge in [0.1, 0.15) is 6.54 Å². The van der Waals surface area contributed by atoms with E-state index in [2.05, 4.69) is 10.6 Å². The summed E-state index contributed by atoms with van der Waals surface area (Å²) in [6, 6.07) is 21.4. The standard InChI is InChI=1S/C25H27N3O5S/c1-19-9-8-10-20(17-19)28(34(31,32)21-11-4-3-5-12-21)18-24(29)27-23-14-7-6-13-22(23)25(30)26-15-16-33-2/h3-14,17H,15-16,18H2,1-2H3,(H,26,30)(H,27,29). The number of anilines is 2. The third-order valence-electron chi connectivity index (χ3n) is 4.95. The summed E-state index contributed by atoms with van der Waals surface area (Å²) in [5.41, 5.74) is 1.76. The molecule has 0 fully saturated rings. The van der Waals surface area contributed by atoms with Crippen molar-refractivity contribution >= 4 is 33.2 Å². The summed E-state index contributed by atoms with van der Waals surface area (Å²) in [7, 11) is -2.49. The van der Waals surface area contributed by atoms with Crippen molar-refractivity contribution in [1.82, 2.24) is 5.32 Å². The largest absolute Gasteiger partial charge is 0.383 e. The van der Waals surface area contributed by atoms with Gasteiger partial charge < -0.3 is 15.4 Å². The Bertz CT molecular complexity index is 1250. The number of hydrogen-bond donors (Lipinski definition) is 2. The van der Waals surface area contributed by atoms with Crippen molar-refractivity contribution in [2.24, 2.45) is 0 Å². The Kier molecular flexibility index (Phi) is 8.39. The summed E-state index contributed by atoms with van der Waals surface area (Å²) >= 11 is 0. The molecule has 2 amide bonds. The fraction of sp³-hybridized carbons (Fsp3) is 0.200. The van der Waals surface area contributed by atoms with Crippen molar-refractivity contribution in [1.29, 1.82) is 0 Å². The normalized spacial score (nSPS) is 11.0.